The lowest BCUT2D eigenvalue weighted by Crippen LogP contribution is -2.39. The summed E-state index contributed by atoms with van der Waals surface area (Å²) in [6.07, 6.45) is 5.14. The summed E-state index contributed by atoms with van der Waals surface area (Å²) < 4.78 is 0. The number of aromatic nitrogens is 1. The first-order chi connectivity index (χ1) is 10.2. The van der Waals surface area contributed by atoms with Crippen LogP contribution in [0.4, 0.5) is 0 Å². The number of thioether (sulfide) groups is 1. The fourth-order valence-corrected chi connectivity index (χ4v) is 3.66. The van der Waals surface area contributed by atoms with E-state index in [1.165, 1.54) is 10.9 Å². The summed E-state index contributed by atoms with van der Waals surface area (Å²) in [4.78, 5) is 6.81. The summed E-state index contributed by atoms with van der Waals surface area (Å²) in [5.74, 6) is 1.14. The largest absolute Gasteiger partial charge is 0.329 e. The molecule has 1 aromatic heterocycles. The van der Waals surface area contributed by atoms with Gasteiger partial charge in [-0.3, -0.25) is 9.88 Å². The van der Waals surface area contributed by atoms with Gasteiger partial charge in [0.1, 0.15) is 0 Å². The Hall–Kier alpha value is -1.10. The number of hydrogen-bond acceptors (Lipinski definition) is 4. The third kappa shape index (κ3) is 3.76. The molecule has 2 N–H and O–H groups in total. The Morgan fingerprint density at radius 3 is 2.81 bits per heavy atom. The van der Waals surface area contributed by atoms with Gasteiger partial charge in [-0.15, -0.1) is 0 Å². The van der Waals surface area contributed by atoms with E-state index < -0.39 is 0 Å². The van der Waals surface area contributed by atoms with Crippen LogP contribution >= 0.6 is 11.8 Å². The lowest BCUT2D eigenvalue weighted by Gasteiger charge is -2.34. The smallest absolute Gasteiger partial charge is 0.0702 e. The third-order valence-electron chi connectivity index (χ3n) is 4.13. The average molecular weight is 303 g/mol. The zero-order chi connectivity index (χ0) is 15.2. The monoisotopic (exact) mass is 303 g/mol. The van der Waals surface area contributed by atoms with Gasteiger partial charge in [-0.1, -0.05) is 19.1 Å². The average Bonchev–Trinajstić information content (AvgIpc) is 2.53. The van der Waals surface area contributed by atoms with Gasteiger partial charge in [0.25, 0.3) is 0 Å². The Morgan fingerprint density at radius 1 is 1.33 bits per heavy atom. The van der Waals surface area contributed by atoms with E-state index in [-0.39, 0.29) is 6.04 Å². The van der Waals surface area contributed by atoms with Crippen molar-refractivity contribution in [2.75, 3.05) is 25.6 Å². The predicted octanol–water partition coefficient (Wildman–Crippen LogP) is 3.31. The molecule has 0 aliphatic carbocycles. The van der Waals surface area contributed by atoms with E-state index in [0.29, 0.717) is 12.6 Å². The molecule has 2 unspecified atom stereocenters. The Kier molecular flexibility index (Phi) is 6.03. The van der Waals surface area contributed by atoms with Crippen LogP contribution < -0.4 is 5.73 Å². The molecule has 0 bridgehead atoms. The minimum absolute atomic E-state index is 0.256. The van der Waals surface area contributed by atoms with E-state index in [0.717, 1.165) is 17.7 Å². The highest BCUT2D eigenvalue weighted by atomic mass is 32.2. The van der Waals surface area contributed by atoms with E-state index in [2.05, 4.69) is 54.4 Å². The maximum atomic E-state index is 6.07. The van der Waals surface area contributed by atoms with Gasteiger partial charge in [-0.25, -0.2) is 0 Å². The fourth-order valence-electron chi connectivity index (χ4n) is 2.81. The van der Waals surface area contributed by atoms with Gasteiger partial charge in [0.2, 0.25) is 0 Å². The molecular weight excluding hydrogens is 278 g/mol. The standard InChI is InChI=1S/C17H25N3S/c1-4-15(12-21-3)20(2)17(11-18)14-7-8-16-13(10-14)6-5-9-19-16/h5-10,15,17H,4,11-12,18H2,1-3H3. The lowest BCUT2D eigenvalue weighted by atomic mass is 10.0. The second-order valence-corrected chi connectivity index (χ2v) is 6.30. The molecule has 1 aromatic carbocycles. The highest BCUT2D eigenvalue weighted by Gasteiger charge is 2.22. The molecule has 0 aliphatic rings. The zero-order valence-corrected chi connectivity index (χ0v) is 13.9. The van der Waals surface area contributed by atoms with Crippen molar-refractivity contribution in [1.29, 1.82) is 0 Å². The van der Waals surface area contributed by atoms with E-state index in [9.17, 15) is 0 Å². The molecule has 0 saturated heterocycles. The normalized spacial score (nSPS) is 14.5. The molecule has 21 heavy (non-hydrogen) atoms. The Bertz CT molecular complexity index is 573. The van der Waals surface area contributed by atoms with Gasteiger partial charge in [0.05, 0.1) is 5.52 Å². The number of hydrogen-bond donors (Lipinski definition) is 1. The Labute approximate surface area is 131 Å². The van der Waals surface area contributed by atoms with Gasteiger partial charge in [0, 0.05) is 36.0 Å². The molecule has 2 atom stereocenters. The van der Waals surface area contributed by atoms with Crippen molar-refractivity contribution in [1.82, 2.24) is 9.88 Å². The van der Waals surface area contributed by atoms with Crippen molar-refractivity contribution in [3.63, 3.8) is 0 Å². The van der Waals surface area contributed by atoms with Gasteiger partial charge < -0.3 is 5.73 Å². The number of nitrogens with two attached hydrogens (primary N) is 1. The van der Waals surface area contributed by atoms with Crippen molar-refractivity contribution in [2.24, 2.45) is 5.73 Å². The zero-order valence-electron chi connectivity index (χ0n) is 13.1. The maximum Gasteiger partial charge on any atom is 0.0702 e. The summed E-state index contributed by atoms with van der Waals surface area (Å²) in [6.45, 7) is 2.88. The Balaban J connectivity index is 2.29. The SMILES string of the molecule is CCC(CSC)N(C)C(CN)c1ccc2ncccc2c1. The van der Waals surface area contributed by atoms with Crippen LogP contribution in [0.25, 0.3) is 10.9 Å². The van der Waals surface area contributed by atoms with E-state index >= 15 is 0 Å². The Morgan fingerprint density at radius 2 is 2.14 bits per heavy atom. The van der Waals surface area contributed by atoms with Gasteiger partial charge in [0.15, 0.2) is 0 Å². The second-order valence-electron chi connectivity index (χ2n) is 5.39. The van der Waals surface area contributed by atoms with Crippen LogP contribution in [0, 0.1) is 0 Å². The molecule has 0 spiro atoms. The highest BCUT2D eigenvalue weighted by Crippen LogP contribution is 2.25. The van der Waals surface area contributed by atoms with Gasteiger partial charge in [-0.2, -0.15) is 11.8 Å². The van der Waals surface area contributed by atoms with Crippen molar-refractivity contribution in [2.45, 2.75) is 25.4 Å². The molecule has 2 rings (SSSR count). The maximum absolute atomic E-state index is 6.07. The van der Waals surface area contributed by atoms with E-state index in [1.54, 1.807) is 0 Å². The highest BCUT2D eigenvalue weighted by molar-refractivity contribution is 7.98. The van der Waals surface area contributed by atoms with Gasteiger partial charge >= 0.3 is 0 Å². The lowest BCUT2D eigenvalue weighted by molar-refractivity contribution is 0.188. The second kappa shape index (κ2) is 7.78. The molecule has 3 nitrogen and oxygen atoms in total. The number of likely N-dealkylation sites (N-methyl/N-ethyl adjacent to an activating group) is 1. The summed E-state index contributed by atoms with van der Waals surface area (Å²) in [6, 6.07) is 11.4. The minimum Gasteiger partial charge on any atom is -0.329 e. The summed E-state index contributed by atoms with van der Waals surface area (Å²) in [7, 11) is 2.19. The molecule has 0 fully saturated rings. The first-order valence-electron chi connectivity index (χ1n) is 7.46. The molecule has 0 saturated carbocycles. The van der Waals surface area contributed by atoms with Gasteiger partial charge in [-0.05, 0) is 43.5 Å². The van der Waals surface area contributed by atoms with Crippen LogP contribution in [0.2, 0.25) is 0 Å². The fraction of sp³-hybridized carbons (Fsp3) is 0.471. The molecule has 114 valence electrons. The molecule has 2 aromatic rings. The van der Waals surface area contributed by atoms with Crippen LogP contribution in [0.5, 0.6) is 0 Å². The summed E-state index contributed by atoms with van der Waals surface area (Å²) >= 11 is 1.90. The van der Waals surface area contributed by atoms with Crippen molar-refractivity contribution in [3.8, 4) is 0 Å². The molecular formula is C17H25N3S. The number of nitrogens with zero attached hydrogens (tertiary/aromatic N) is 2. The van der Waals surface area contributed by atoms with Crippen molar-refractivity contribution in [3.05, 3.63) is 42.1 Å². The number of fused-ring (bicyclic) bond motifs is 1. The van der Waals surface area contributed by atoms with Crippen LogP contribution in [-0.2, 0) is 0 Å². The first kappa shape index (κ1) is 16.3. The number of rotatable bonds is 7. The topological polar surface area (TPSA) is 42.1 Å². The van der Waals surface area contributed by atoms with Crippen LogP contribution in [0.1, 0.15) is 24.9 Å². The van der Waals surface area contributed by atoms with E-state index in [4.69, 9.17) is 5.73 Å². The minimum atomic E-state index is 0.256. The predicted molar refractivity (Wildman–Crippen MR) is 93.8 cm³/mol. The molecule has 0 aliphatic heterocycles. The van der Waals surface area contributed by atoms with Crippen molar-refractivity contribution < 1.29 is 0 Å². The number of benzene rings is 1. The van der Waals surface area contributed by atoms with Crippen LogP contribution in [0.15, 0.2) is 36.5 Å². The molecule has 0 amide bonds. The molecule has 4 heteroatoms. The molecule has 1 heterocycles. The van der Waals surface area contributed by atoms with Crippen molar-refractivity contribution >= 4 is 22.7 Å². The summed E-state index contributed by atoms with van der Waals surface area (Å²) in [5, 5.41) is 1.18. The summed E-state index contributed by atoms with van der Waals surface area (Å²) in [5.41, 5.74) is 8.39. The number of pyridine rings is 1. The van der Waals surface area contributed by atoms with E-state index in [1.807, 2.05) is 24.0 Å². The molecule has 0 radical (unpaired) electrons. The third-order valence-corrected chi connectivity index (χ3v) is 4.85. The van der Waals surface area contributed by atoms with Crippen LogP contribution in [-0.4, -0.2) is 41.5 Å². The quantitative estimate of drug-likeness (QED) is 0.852. The van der Waals surface area contributed by atoms with Crippen LogP contribution in [0.3, 0.4) is 0 Å². The first-order valence-corrected chi connectivity index (χ1v) is 8.86.